The van der Waals surface area contributed by atoms with Gasteiger partial charge in [-0.15, -0.1) is 24.8 Å². The second-order valence-electron chi connectivity index (χ2n) is 4.85. The smallest absolute Gasteiger partial charge is 0.223 e. The minimum atomic E-state index is 0. The second-order valence-corrected chi connectivity index (χ2v) is 4.85. The van der Waals surface area contributed by atoms with Crippen LogP contribution in [0, 0.1) is 0 Å². The Hall–Kier alpha value is -0.880. The van der Waals surface area contributed by atoms with Crippen LogP contribution in [-0.2, 0) is 16.0 Å². The number of likely N-dealkylation sites (N-methyl/N-ethyl adjacent to an activating group) is 1. The molecule has 0 spiro atoms. The molecule has 1 aliphatic heterocycles. The van der Waals surface area contributed by atoms with Crippen LogP contribution in [0.1, 0.15) is 12.0 Å². The van der Waals surface area contributed by atoms with Crippen LogP contribution in [0.5, 0.6) is 0 Å². The third-order valence-electron chi connectivity index (χ3n) is 3.33. The van der Waals surface area contributed by atoms with Crippen LogP contribution in [-0.4, -0.2) is 55.2 Å². The predicted octanol–water partition coefficient (Wildman–Crippen LogP) is 1.30. The zero-order valence-corrected chi connectivity index (χ0v) is 13.8. The zero-order valence-electron chi connectivity index (χ0n) is 12.2. The van der Waals surface area contributed by atoms with Gasteiger partial charge in [-0.3, -0.25) is 9.78 Å². The van der Waals surface area contributed by atoms with Gasteiger partial charge in [0.2, 0.25) is 5.91 Å². The average molecular weight is 336 g/mol. The second kappa shape index (κ2) is 10.8. The summed E-state index contributed by atoms with van der Waals surface area (Å²) in [5.41, 5.74) is 1.20. The van der Waals surface area contributed by atoms with Crippen molar-refractivity contribution in [1.29, 1.82) is 0 Å². The molecule has 0 aromatic carbocycles. The quantitative estimate of drug-likeness (QED) is 0.881. The van der Waals surface area contributed by atoms with Gasteiger partial charge in [-0.25, -0.2) is 0 Å². The maximum absolute atomic E-state index is 12.1. The minimum Gasteiger partial charge on any atom is -0.378 e. The maximum Gasteiger partial charge on any atom is 0.223 e. The summed E-state index contributed by atoms with van der Waals surface area (Å²) in [5, 5.41) is 3.30. The summed E-state index contributed by atoms with van der Waals surface area (Å²) in [6.07, 6.45) is 4.92. The molecule has 0 saturated carbocycles. The van der Waals surface area contributed by atoms with Crippen molar-refractivity contribution >= 4 is 30.7 Å². The van der Waals surface area contributed by atoms with Crippen LogP contribution in [0.25, 0.3) is 0 Å². The molecule has 1 saturated heterocycles. The number of ether oxygens (including phenoxy) is 1. The molecule has 1 aromatic heterocycles. The number of hydrogen-bond donors (Lipinski definition) is 1. The lowest BCUT2D eigenvalue weighted by molar-refractivity contribution is -0.131. The molecule has 120 valence electrons. The molecule has 1 amide bonds. The van der Waals surface area contributed by atoms with Crippen molar-refractivity contribution in [2.75, 3.05) is 33.4 Å². The molecular weight excluding hydrogens is 313 g/mol. The molecule has 2 heterocycles. The topological polar surface area (TPSA) is 54.5 Å². The number of pyridine rings is 1. The Morgan fingerprint density at radius 2 is 2.14 bits per heavy atom. The van der Waals surface area contributed by atoms with E-state index < -0.39 is 0 Å². The van der Waals surface area contributed by atoms with Crippen LogP contribution < -0.4 is 5.32 Å². The number of nitrogens with one attached hydrogen (secondary N) is 1. The number of hydrogen-bond acceptors (Lipinski definition) is 4. The number of rotatable bonds is 5. The van der Waals surface area contributed by atoms with Gasteiger partial charge in [-0.1, -0.05) is 0 Å². The molecule has 21 heavy (non-hydrogen) atoms. The highest BCUT2D eigenvalue weighted by Gasteiger charge is 2.18. The first kappa shape index (κ1) is 20.1. The van der Waals surface area contributed by atoms with Gasteiger partial charge in [-0.2, -0.15) is 0 Å². The summed E-state index contributed by atoms with van der Waals surface area (Å²) in [6.45, 7) is 2.93. The summed E-state index contributed by atoms with van der Waals surface area (Å²) >= 11 is 0. The minimum absolute atomic E-state index is 0. The summed E-state index contributed by atoms with van der Waals surface area (Å²) in [4.78, 5) is 17.8. The molecule has 2 rings (SSSR count). The van der Waals surface area contributed by atoms with E-state index in [0.717, 1.165) is 26.1 Å². The number of nitrogens with zero attached hydrogens (tertiary/aromatic N) is 2. The van der Waals surface area contributed by atoms with Crippen LogP contribution in [0.2, 0.25) is 0 Å². The van der Waals surface area contributed by atoms with Crippen molar-refractivity contribution in [2.24, 2.45) is 0 Å². The van der Waals surface area contributed by atoms with Crippen LogP contribution >= 0.6 is 24.8 Å². The Kier molecular flexibility index (Phi) is 10.3. The molecule has 1 atom stereocenters. The van der Waals surface area contributed by atoms with E-state index in [2.05, 4.69) is 10.3 Å². The van der Waals surface area contributed by atoms with Crippen LogP contribution in [0.4, 0.5) is 0 Å². The Morgan fingerprint density at radius 3 is 2.76 bits per heavy atom. The van der Waals surface area contributed by atoms with E-state index in [1.807, 2.05) is 19.2 Å². The van der Waals surface area contributed by atoms with E-state index in [0.29, 0.717) is 13.0 Å². The standard InChI is InChI=1S/C14H21N3O2.2ClH/c1-17(8-4-12-2-5-15-6-3-12)14(18)10-13-11-19-9-7-16-13;;/h2-3,5-6,13,16H,4,7-11H2,1H3;2*1H. The Balaban J connectivity index is 0.00000200. The molecule has 1 N–H and O–H groups in total. The van der Waals surface area contributed by atoms with E-state index in [1.165, 1.54) is 5.56 Å². The number of morpholine rings is 1. The van der Waals surface area contributed by atoms with Gasteiger partial charge in [0, 0.05) is 45.0 Å². The van der Waals surface area contributed by atoms with E-state index in [9.17, 15) is 4.79 Å². The largest absolute Gasteiger partial charge is 0.378 e. The van der Waals surface area contributed by atoms with Crippen molar-refractivity contribution in [3.8, 4) is 0 Å². The van der Waals surface area contributed by atoms with Gasteiger partial charge in [0.1, 0.15) is 0 Å². The lowest BCUT2D eigenvalue weighted by atomic mass is 10.1. The molecule has 1 unspecified atom stereocenters. The lowest BCUT2D eigenvalue weighted by Crippen LogP contribution is -2.44. The highest BCUT2D eigenvalue weighted by molar-refractivity contribution is 5.85. The molecule has 1 fully saturated rings. The van der Waals surface area contributed by atoms with E-state index >= 15 is 0 Å². The summed E-state index contributed by atoms with van der Waals surface area (Å²) < 4.78 is 5.35. The third-order valence-corrected chi connectivity index (χ3v) is 3.33. The van der Waals surface area contributed by atoms with Gasteiger partial charge >= 0.3 is 0 Å². The first-order valence-electron chi connectivity index (χ1n) is 6.69. The first-order chi connectivity index (χ1) is 9.25. The highest BCUT2D eigenvalue weighted by atomic mass is 35.5. The van der Waals surface area contributed by atoms with Gasteiger partial charge in [0.15, 0.2) is 0 Å². The van der Waals surface area contributed by atoms with Gasteiger partial charge in [-0.05, 0) is 24.1 Å². The van der Waals surface area contributed by atoms with Crippen molar-refractivity contribution in [3.63, 3.8) is 0 Å². The van der Waals surface area contributed by atoms with Crippen molar-refractivity contribution in [3.05, 3.63) is 30.1 Å². The molecule has 0 aliphatic carbocycles. The fourth-order valence-electron chi connectivity index (χ4n) is 2.09. The highest BCUT2D eigenvalue weighted by Crippen LogP contribution is 2.04. The van der Waals surface area contributed by atoms with E-state index in [1.54, 1.807) is 17.3 Å². The Morgan fingerprint density at radius 1 is 1.43 bits per heavy atom. The molecule has 7 heteroatoms. The first-order valence-corrected chi connectivity index (χ1v) is 6.69. The molecule has 0 bridgehead atoms. The molecule has 5 nitrogen and oxygen atoms in total. The molecule has 1 aliphatic rings. The van der Waals surface area contributed by atoms with Gasteiger partial charge < -0.3 is 15.0 Å². The molecule has 0 radical (unpaired) electrons. The van der Waals surface area contributed by atoms with Crippen LogP contribution in [0.3, 0.4) is 0 Å². The van der Waals surface area contributed by atoms with E-state index in [4.69, 9.17) is 4.74 Å². The van der Waals surface area contributed by atoms with Gasteiger partial charge in [0.05, 0.1) is 13.2 Å². The zero-order chi connectivity index (χ0) is 13.5. The predicted molar refractivity (Wildman–Crippen MR) is 87.3 cm³/mol. The van der Waals surface area contributed by atoms with E-state index in [-0.39, 0.29) is 36.8 Å². The fraction of sp³-hybridized carbons (Fsp3) is 0.571. The molecule has 1 aromatic rings. The van der Waals surface area contributed by atoms with Gasteiger partial charge in [0.25, 0.3) is 0 Å². The van der Waals surface area contributed by atoms with Crippen molar-refractivity contribution in [1.82, 2.24) is 15.2 Å². The summed E-state index contributed by atoms with van der Waals surface area (Å²) in [7, 11) is 1.85. The van der Waals surface area contributed by atoms with Crippen molar-refractivity contribution in [2.45, 2.75) is 18.9 Å². The summed E-state index contributed by atoms with van der Waals surface area (Å²) in [5.74, 6) is 0.164. The Bertz CT molecular complexity index is 400. The SMILES string of the molecule is CN(CCc1ccncc1)C(=O)CC1COCCN1.Cl.Cl. The lowest BCUT2D eigenvalue weighted by Gasteiger charge is -2.25. The Labute approximate surface area is 138 Å². The normalized spacial score (nSPS) is 17.3. The number of carbonyl (C=O) groups excluding carboxylic acids is 1. The monoisotopic (exact) mass is 335 g/mol. The van der Waals surface area contributed by atoms with Crippen LogP contribution in [0.15, 0.2) is 24.5 Å². The number of carbonyl (C=O) groups is 1. The summed E-state index contributed by atoms with van der Waals surface area (Å²) in [6, 6.07) is 4.12. The fourth-order valence-corrected chi connectivity index (χ4v) is 2.09. The van der Waals surface area contributed by atoms with Crippen molar-refractivity contribution < 1.29 is 9.53 Å². The average Bonchev–Trinajstić information content (AvgIpc) is 2.47. The number of amides is 1. The molecular formula is C14H23Cl2N3O2. The number of aromatic nitrogens is 1. The maximum atomic E-state index is 12.1. The number of halogens is 2. The third kappa shape index (κ3) is 7.09.